The van der Waals surface area contributed by atoms with Gasteiger partial charge < -0.3 is 19.7 Å². The monoisotopic (exact) mass is 441 g/mol. The van der Waals surface area contributed by atoms with Gasteiger partial charge in [-0.2, -0.15) is 0 Å². The van der Waals surface area contributed by atoms with Crippen LogP contribution in [-0.4, -0.2) is 59.0 Å². The van der Waals surface area contributed by atoms with E-state index >= 15 is 0 Å². The molecule has 0 aromatic heterocycles. The topological polar surface area (TPSA) is 135 Å². The van der Waals surface area contributed by atoms with E-state index in [1.807, 2.05) is 12.1 Å². The Labute approximate surface area is 186 Å². The number of nitrogens with two attached hydrogens (primary N) is 1. The second-order valence-corrected chi connectivity index (χ2v) is 7.44. The van der Waals surface area contributed by atoms with Crippen LogP contribution in [0, 0.1) is 0 Å². The number of ether oxygens (including phenoxy) is 2. The Kier molecular flexibility index (Phi) is 8.18. The summed E-state index contributed by atoms with van der Waals surface area (Å²) >= 11 is 0. The van der Waals surface area contributed by atoms with Crippen molar-refractivity contribution in [3.63, 3.8) is 0 Å². The van der Waals surface area contributed by atoms with E-state index in [1.54, 1.807) is 5.01 Å². The molecule has 4 rings (SSSR count). The van der Waals surface area contributed by atoms with Gasteiger partial charge in [-0.05, 0) is 42.5 Å². The van der Waals surface area contributed by atoms with E-state index in [4.69, 9.17) is 35.1 Å². The van der Waals surface area contributed by atoms with E-state index in [0.717, 1.165) is 56.1 Å². The molecule has 2 heterocycles. The lowest BCUT2D eigenvalue weighted by Gasteiger charge is -2.23. The highest BCUT2D eigenvalue weighted by Crippen LogP contribution is 2.21. The number of carboxylic acids is 2. The van der Waals surface area contributed by atoms with Gasteiger partial charge in [-0.25, -0.2) is 15.4 Å². The number of rotatable bonds is 5. The normalized spacial score (nSPS) is 17.7. The highest BCUT2D eigenvalue weighted by atomic mass is 16.7. The van der Waals surface area contributed by atoms with Crippen molar-refractivity contribution in [2.75, 3.05) is 19.7 Å². The fourth-order valence-electron chi connectivity index (χ4n) is 3.37. The van der Waals surface area contributed by atoms with Crippen LogP contribution in [0.15, 0.2) is 53.5 Å². The summed E-state index contributed by atoms with van der Waals surface area (Å²) in [7, 11) is 0. The third-order valence-corrected chi connectivity index (χ3v) is 5.01. The number of hydrogen-bond acceptors (Lipinski definition) is 7. The molecular formula is C23H27N3O6. The average molecular weight is 441 g/mol. The van der Waals surface area contributed by atoms with Crippen molar-refractivity contribution in [2.24, 2.45) is 10.8 Å². The van der Waals surface area contributed by atoms with Gasteiger partial charge in [0.1, 0.15) is 11.6 Å². The minimum atomic E-state index is -1.82. The highest BCUT2D eigenvalue weighted by molar-refractivity contribution is 6.27. The maximum atomic E-state index is 9.10. The van der Waals surface area contributed by atoms with Gasteiger partial charge in [0, 0.05) is 12.0 Å². The molecule has 1 unspecified atom stereocenters. The summed E-state index contributed by atoms with van der Waals surface area (Å²) in [5, 5.41) is 16.5. The highest BCUT2D eigenvalue weighted by Gasteiger charge is 2.16. The predicted molar refractivity (Wildman–Crippen MR) is 117 cm³/mol. The quantitative estimate of drug-likeness (QED) is 0.475. The summed E-state index contributed by atoms with van der Waals surface area (Å²) < 4.78 is 11.5. The predicted octanol–water partition coefficient (Wildman–Crippen LogP) is 2.27. The summed E-state index contributed by atoms with van der Waals surface area (Å²) in [5.74, 6) is 4.04. The Hall–Kier alpha value is -3.43. The fraction of sp³-hybridized carbons (Fsp3) is 0.348. The van der Waals surface area contributed by atoms with Crippen LogP contribution in [0.5, 0.6) is 5.75 Å². The smallest absolute Gasteiger partial charge is 0.414 e. The summed E-state index contributed by atoms with van der Waals surface area (Å²) in [6.45, 7) is 2.36. The van der Waals surface area contributed by atoms with E-state index in [0.29, 0.717) is 0 Å². The van der Waals surface area contributed by atoms with Gasteiger partial charge in [0.15, 0.2) is 6.29 Å². The van der Waals surface area contributed by atoms with Gasteiger partial charge in [0.25, 0.3) is 0 Å². The van der Waals surface area contributed by atoms with Gasteiger partial charge >= 0.3 is 11.9 Å². The van der Waals surface area contributed by atoms with Crippen LogP contribution in [0.2, 0.25) is 0 Å². The van der Waals surface area contributed by atoms with Gasteiger partial charge in [0.2, 0.25) is 0 Å². The average Bonchev–Trinajstić information content (AvgIpc) is 3.22. The van der Waals surface area contributed by atoms with Crippen LogP contribution in [0.1, 0.15) is 36.0 Å². The zero-order chi connectivity index (χ0) is 22.9. The first kappa shape index (κ1) is 23.2. The minimum absolute atomic E-state index is 0.0947. The number of aliphatic imine (C=N–C) groups is 1. The molecule has 0 saturated carbocycles. The lowest BCUT2D eigenvalue weighted by molar-refractivity contribution is -0.159. The molecule has 1 atom stereocenters. The second kappa shape index (κ2) is 11.3. The summed E-state index contributed by atoms with van der Waals surface area (Å²) in [5.41, 5.74) is 3.60. The van der Waals surface area contributed by atoms with Crippen molar-refractivity contribution in [3.8, 4) is 5.75 Å². The first-order chi connectivity index (χ1) is 15.4. The van der Waals surface area contributed by atoms with Crippen molar-refractivity contribution in [3.05, 3.63) is 65.2 Å². The zero-order valence-electron chi connectivity index (χ0n) is 17.6. The van der Waals surface area contributed by atoms with Gasteiger partial charge in [0.05, 0.1) is 19.7 Å². The molecule has 2 aromatic rings. The Morgan fingerprint density at radius 1 is 1.03 bits per heavy atom. The Morgan fingerprint density at radius 3 is 2.16 bits per heavy atom. The molecule has 9 nitrogen and oxygen atoms in total. The van der Waals surface area contributed by atoms with Crippen molar-refractivity contribution in [1.29, 1.82) is 0 Å². The maximum absolute atomic E-state index is 9.10. The summed E-state index contributed by atoms with van der Waals surface area (Å²) in [6.07, 6.45) is 4.07. The molecular weight excluding hydrogens is 414 g/mol. The number of hydrogen-bond donors (Lipinski definition) is 3. The van der Waals surface area contributed by atoms with Gasteiger partial charge in [-0.1, -0.05) is 36.4 Å². The number of aliphatic carboxylic acids is 2. The molecule has 2 aliphatic rings. The molecule has 2 aliphatic heterocycles. The molecule has 0 spiro atoms. The number of benzene rings is 2. The van der Waals surface area contributed by atoms with Crippen molar-refractivity contribution in [1.82, 2.24) is 5.01 Å². The Balaban J connectivity index is 0.000000427. The van der Waals surface area contributed by atoms with E-state index in [9.17, 15) is 0 Å². The summed E-state index contributed by atoms with van der Waals surface area (Å²) in [6, 6.07) is 16.8. The molecule has 1 fully saturated rings. The Morgan fingerprint density at radius 2 is 1.66 bits per heavy atom. The molecule has 9 heteroatoms. The third-order valence-electron chi connectivity index (χ3n) is 5.01. The molecule has 1 saturated heterocycles. The number of carbonyl (C=O) groups is 2. The van der Waals surface area contributed by atoms with Gasteiger partial charge in [-0.3, -0.25) is 10.0 Å². The number of hydrazine groups is 1. The van der Waals surface area contributed by atoms with Crippen LogP contribution < -0.4 is 10.6 Å². The van der Waals surface area contributed by atoms with Crippen LogP contribution in [0.25, 0.3) is 0 Å². The van der Waals surface area contributed by atoms with E-state index in [2.05, 4.69) is 41.4 Å². The van der Waals surface area contributed by atoms with E-state index in [1.165, 1.54) is 17.5 Å². The van der Waals surface area contributed by atoms with E-state index < -0.39 is 11.9 Å². The third kappa shape index (κ3) is 6.79. The first-order valence-electron chi connectivity index (χ1n) is 10.4. The SMILES string of the molecule is NN1CCN=C1c1ccc(Cc2ccc(OC3CCCCO3)cc2)cc1.O=C(O)C(=O)O. The molecule has 4 N–H and O–H groups in total. The van der Waals surface area contributed by atoms with Crippen molar-refractivity contribution in [2.45, 2.75) is 32.0 Å². The molecule has 0 radical (unpaired) electrons. The molecule has 0 amide bonds. The Bertz CT molecular complexity index is 925. The summed E-state index contributed by atoms with van der Waals surface area (Å²) in [4.78, 5) is 22.7. The second-order valence-electron chi connectivity index (χ2n) is 7.44. The number of carboxylic acid groups (broad SMARTS) is 2. The number of amidine groups is 1. The van der Waals surface area contributed by atoms with E-state index in [-0.39, 0.29) is 6.29 Å². The van der Waals surface area contributed by atoms with Gasteiger partial charge in [-0.15, -0.1) is 0 Å². The lowest BCUT2D eigenvalue weighted by Crippen LogP contribution is -2.34. The molecule has 2 aromatic carbocycles. The van der Waals surface area contributed by atoms with Crippen LogP contribution in [0.3, 0.4) is 0 Å². The molecule has 0 aliphatic carbocycles. The zero-order valence-corrected chi connectivity index (χ0v) is 17.6. The van der Waals surface area contributed by atoms with Crippen LogP contribution in [-0.2, 0) is 20.7 Å². The van der Waals surface area contributed by atoms with Crippen molar-refractivity contribution < 1.29 is 29.3 Å². The fourth-order valence-corrected chi connectivity index (χ4v) is 3.37. The van der Waals surface area contributed by atoms with Crippen molar-refractivity contribution >= 4 is 17.8 Å². The largest absolute Gasteiger partial charge is 0.473 e. The molecule has 170 valence electrons. The standard InChI is InChI=1S/C21H25N3O2.C2H2O4/c22-24-13-12-23-21(24)18-8-4-16(5-9-18)15-17-6-10-19(11-7-17)26-20-3-1-2-14-25-20;3-1(4)2(5)6/h4-11,20H,1-3,12-15,22H2;(H,3,4)(H,5,6). The lowest BCUT2D eigenvalue weighted by atomic mass is 10.0. The molecule has 0 bridgehead atoms. The minimum Gasteiger partial charge on any atom is -0.473 e. The maximum Gasteiger partial charge on any atom is 0.414 e. The number of nitrogens with zero attached hydrogens (tertiary/aromatic N) is 2. The molecule has 32 heavy (non-hydrogen) atoms. The van der Waals surface area contributed by atoms with Crippen LogP contribution in [0.4, 0.5) is 0 Å². The first-order valence-corrected chi connectivity index (χ1v) is 10.4. The van der Waals surface area contributed by atoms with Crippen LogP contribution >= 0.6 is 0 Å².